The molecule has 3 N–H and O–H groups in total. The van der Waals surface area contributed by atoms with E-state index < -0.39 is 13.3 Å². The van der Waals surface area contributed by atoms with Crippen molar-refractivity contribution in [2.24, 2.45) is 0 Å². The summed E-state index contributed by atoms with van der Waals surface area (Å²) in [5, 5.41) is 33.4. The second kappa shape index (κ2) is 7.86. The number of hydrogen-bond acceptors (Lipinski definition) is 3. The molecule has 0 atom stereocenters. The van der Waals surface area contributed by atoms with Gasteiger partial charge in [-0.1, -0.05) is 0 Å². The van der Waals surface area contributed by atoms with Gasteiger partial charge in [0, 0.05) is 0 Å². The first-order valence-electron chi connectivity index (χ1n) is 9.16. The molecule has 0 aromatic heterocycles. The maximum absolute atomic E-state index is 10.9. The van der Waals surface area contributed by atoms with Crippen molar-refractivity contribution in [2.45, 2.75) is 0 Å². The monoisotopic (exact) mass is 464 g/mol. The Kier molecular flexibility index (Phi) is 5.26. The molecule has 4 rings (SSSR count). The predicted octanol–water partition coefficient (Wildman–Crippen LogP) is 2.83. The van der Waals surface area contributed by atoms with Gasteiger partial charge in [-0.3, -0.25) is 0 Å². The molecule has 0 aliphatic rings. The molecule has 0 unspecified atom stereocenters. The van der Waals surface area contributed by atoms with Crippen molar-refractivity contribution in [3.63, 3.8) is 0 Å². The van der Waals surface area contributed by atoms with Crippen LogP contribution in [-0.4, -0.2) is 28.6 Å². The molecule has 0 heterocycles. The van der Waals surface area contributed by atoms with E-state index in [0.717, 1.165) is 17.6 Å². The fourth-order valence-corrected chi connectivity index (χ4v) is 14.4. The van der Waals surface area contributed by atoms with Crippen LogP contribution in [0.5, 0.6) is 17.2 Å². The molecule has 0 saturated heterocycles. The standard InChI is InChI=1S/C24H19ClGeO3/c25-17-13-15-18(16-14-17)26(19-7-1-4-10-22(19)27,20-8-2-5-11-23(20)28)21-9-3-6-12-24(21)29/h1-16,27-29H. The zero-order chi connectivity index (χ0) is 20.4. The second-order valence-corrected chi connectivity index (χ2v) is 15.0. The minimum absolute atomic E-state index is 0.133. The Morgan fingerprint density at radius 1 is 0.483 bits per heavy atom. The molecule has 4 aromatic carbocycles. The summed E-state index contributed by atoms with van der Waals surface area (Å²) in [6, 6.07) is 28.9. The predicted molar refractivity (Wildman–Crippen MR) is 120 cm³/mol. The van der Waals surface area contributed by atoms with Crippen molar-refractivity contribution in [2.75, 3.05) is 0 Å². The van der Waals surface area contributed by atoms with E-state index in [0.29, 0.717) is 5.02 Å². The third-order valence-corrected chi connectivity index (χ3v) is 15.7. The zero-order valence-electron chi connectivity index (χ0n) is 15.5. The van der Waals surface area contributed by atoms with Crippen molar-refractivity contribution in [3.05, 3.63) is 102 Å². The second-order valence-electron chi connectivity index (χ2n) is 6.81. The van der Waals surface area contributed by atoms with Crippen LogP contribution >= 0.6 is 11.6 Å². The fourth-order valence-electron chi connectivity index (χ4n) is 3.97. The Labute approximate surface area is 176 Å². The number of phenols is 3. The molecule has 0 fully saturated rings. The summed E-state index contributed by atoms with van der Waals surface area (Å²) in [5.41, 5.74) is 0. The summed E-state index contributed by atoms with van der Waals surface area (Å²) in [7, 11) is 0. The van der Waals surface area contributed by atoms with Gasteiger partial charge in [-0.05, 0) is 0 Å². The number of aromatic hydroxyl groups is 3. The summed E-state index contributed by atoms with van der Waals surface area (Å²) >= 11 is 2.17. The SMILES string of the molecule is Oc1cccc[c]1[Ge]([c]1ccc(Cl)cc1)([c]1ccccc1O)[c]1ccccc1O. The summed E-state index contributed by atoms with van der Waals surface area (Å²) < 4.78 is 3.09. The summed E-state index contributed by atoms with van der Waals surface area (Å²) in [4.78, 5) is 0. The summed E-state index contributed by atoms with van der Waals surface area (Å²) in [6.07, 6.45) is 0. The van der Waals surface area contributed by atoms with Crippen LogP contribution in [0, 0.1) is 0 Å². The van der Waals surface area contributed by atoms with Crippen molar-refractivity contribution >= 4 is 42.5 Å². The first kappa shape index (κ1) is 19.4. The van der Waals surface area contributed by atoms with Gasteiger partial charge in [-0.2, -0.15) is 0 Å². The van der Waals surface area contributed by atoms with Crippen molar-refractivity contribution in [1.29, 1.82) is 0 Å². The molecule has 0 amide bonds. The van der Waals surface area contributed by atoms with Gasteiger partial charge in [0.1, 0.15) is 0 Å². The quantitative estimate of drug-likeness (QED) is 0.408. The van der Waals surface area contributed by atoms with E-state index in [9.17, 15) is 15.3 Å². The van der Waals surface area contributed by atoms with E-state index in [1.807, 2.05) is 48.5 Å². The minimum atomic E-state index is -4.00. The molecule has 144 valence electrons. The van der Waals surface area contributed by atoms with E-state index in [1.54, 1.807) is 48.5 Å². The molecule has 29 heavy (non-hydrogen) atoms. The topological polar surface area (TPSA) is 60.7 Å². The number of benzene rings is 4. The normalized spacial score (nSPS) is 11.3. The van der Waals surface area contributed by atoms with Crippen LogP contribution in [0.25, 0.3) is 0 Å². The van der Waals surface area contributed by atoms with Gasteiger partial charge >= 0.3 is 177 Å². The fraction of sp³-hybridized carbons (Fsp3) is 0. The van der Waals surface area contributed by atoms with Gasteiger partial charge < -0.3 is 0 Å². The Morgan fingerprint density at radius 3 is 1.17 bits per heavy atom. The molecule has 3 nitrogen and oxygen atoms in total. The molecule has 0 aliphatic carbocycles. The van der Waals surface area contributed by atoms with E-state index in [-0.39, 0.29) is 17.2 Å². The average molecular weight is 463 g/mol. The first-order chi connectivity index (χ1) is 14.0. The number of rotatable bonds is 4. The van der Waals surface area contributed by atoms with Crippen molar-refractivity contribution in [3.8, 4) is 17.2 Å². The molecule has 0 bridgehead atoms. The molecule has 0 aliphatic heterocycles. The van der Waals surface area contributed by atoms with Crippen molar-refractivity contribution in [1.82, 2.24) is 0 Å². The van der Waals surface area contributed by atoms with E-state index in [1.165, 1.54) is 0 Å². The van der Waals surface area contributed by atoms with Crippen LogP contribution in [0.3, 0.4) is 0 Å². The van der Waals surface area contributed by atoms with Crippen LogP contribution in [0.1, 0.15) is 0 Å². The molecule has 0 saturated carbocycles. The van der Waals surface area contributed by atoms with Gasteiger partial charge in [0.2, 0.25) is 0 Å². The van der Waals surface area contributed by atoms with E-state index in [2.05, 4.69) is 0 Å². The molecule has 0 spiro atoms. The van der Waals surface area contributed by atoms with E-state index >= 15 is 0 Å². The average Bonchev–Trinajstić information content (AvgIpc) is 2.73. The van der Waals surface area contributed by atoms with Gasteiger partial charge in [-0.15, -0.1) is 0 Å². The number of phenolic OH excluding ortho intramolecular Hbond substituents is 3. The van der Waals surface area contributed by atoms with Crippen molar-refractivity contribution < 1.29 is 15.3 Å². The summed E-state index contributed by atoms with van der Waals surface area (Å²) in [6.45, 7) is 0. The number of para-hydroxylation sites is 3. The van der Waals surface area contributed by atoms with Crippen LogP contribution in [0.15, 0.2) is 97.1 Å². The van der Waals surface area contributed by atoms with Crippen LogP contribution in [0.4, 0.5) is 0 Å². The third kappa shape index (κ3) is 3.26. The molecule has 5 heteroatoms. The number of hydrogen-bond donors (Lipinski definition) is 3. The molecule has 0 radical (unpaired) electrons. The Bertz CT molecular complexity index is 1050. The maximum atomic E-state index is 10.9. The summed E-state index contributed by atoms with van der Waals surface area (Å²) in [5.74, 6) is 0.400. The van der Waals surface area contributed by atoms with Gasteiger partial charge in [0.25, 0.3) is 0 Å². The van der Waals surface area contributed by atoms with Gasteiger partial charge in [0.05, 0.1) is 0 Å². The first-order valence-corrected chi connectivity index (χ1v) is 13.7. The Hall–Kier alpha value is -2.89. The van der Waals surface area contributed by atoms with Crippen LogP contribution in [0.2, 0.25) is 5.02 Å². The third-order valence-electron chi connectivity index (χ3n) is 5.20. The van der Waals surface area contributed by atoms with Crippen LogP contribution < -0.4 is 17.6 Å². The molecular weight excluding hydrogens is 444 g/mol. The van der Waals surface area contributed by atoms with Gasteiger partial charge in [0.15, 0.2) is 0 Å². The van der Waals surface area contributed by atoms with Gasteiger partial charge in [-0.25, -0.2) is 0 Å². The zero-order valence-corrected chi connectivity index (χ0v) is 18.3. The molecular formula is C24H19ClGeO3. The molecule has 4 aromatic rings. The number of halogens is 1. The Morgan fingerprint density at radius 2 is 0.828 bits per heavy atom. The van der Waals surface area contributed by atoms with Crippen LogP contribution in [-0.2, 0) is 0 Å². The van der Waals surface area contributed by atoms with E-state index in [4.69, 9.17) is 11.6 Å². The Balaban J connectivity index is 2.23.